The Morgan fingerprint density at radius 1 is 1.59 bits per heavy atom. The number of hydrogen-bond donors (Lipinski definition) is 3. The number of nitrogens with one attached hydrogen (secondary N) is 1. The molecule has 1 aliphatic heterocycles. The van der Waals surface area contributed by atoms with E-state index in [0.717, 1.165) is 5.56 Å². The van der Waals surface area contributed by atoms with E-state index in [-0.39, 0.29) is 6.61 Å². The Hall–Kier alpha value is -1.73. The molecule has 1 aromatic rings. The summed E-state index contributed by atoms with van der Waals surface area (Å²) in [5, 5.41) is 20.3. The van der Waals surface area contributed by atoms with Gasteiger partial charge in [0.25, 0.3) is 0 Å². The van der Waals surface area contributed by atoms with Crippen LogP contribution < -0.4 is 14.7 Å². The second-order valence-corrected chi connectivity index (χ2v) is 3.58. The predicted octanol–water partition coefficient (Wildman–Crippen LogP) is -0.473. The zero-order chi connectivity index (χ0) is 12.3. The lowest BCUT2D eigenvalue weighted by atomic mass is 10.2. The molecule has 1 unspecified atom stereocenters. The fraction of sp³-hybridized carbons (Fsp3) is 0.300. The number of fused-ring (bicyclic) bond motifs is 1. The monoisotopic (exact) mass is 236 g/mol. The van der Waals surface area contributed by atoms with Gasteiger partial charge < -0.3 is 19.5 Å². The standard InChI is InChI=1S/C10H11BNO5/c13-10(14)8-5-16-9-3-7(17-11-15)2-1-6(9)4-12-8/h1-3,8,12,15H,4-5H2,(H,13,14). The van der Waals surface area contributed by atoms with Crippen molar-refractivity contribution in [3.63, 3.8) is 0 Å². The minimum absolute atomic E-state index is 0.0502. The van der Waals surface area contributed by atoms with Gasteiger partial charge in [0.15, 0.2) is 0 Å². The van der Waals surface area contributed by atoms with Gasteiger partial charge >= 0.3 is 13.7 Å². The summed E-state index contributed by atoms with van der Waals surface area (Å²) >= 11 is 0. The van der Waals surface area contributed by atoms with Crippen LogP contribution in [0.4, 0.5) is 0 Å². The number of rotatable bonds is 3. The fourth-order valence-corrected chi connectivity index (χ4v) is 1.57. The fourth-order valence-electron chi connectivity index (χ4n) is 1.57. The lowest BCUT2D eigenvalue weighted by molar-refractivity contribution is -0.140. The molecule has 7 heteroatoms. The number of carboxylic acid groups (broad SMARTS) is 1. The minimum Gasteiger partial charge on any atom is -0.537 e. The summed E-state index contributed by atoms with van der Waals surface area (Å²) in [6, 6.07) is 4.30. The normalized spacial score (nSPS) is 18.5. The van der Waals surface area contributed by atoms with E-state index in [2.05, 4.69) is 5.32 Å². The third-order valence-corrected chi connectivity index (χ3v) is 2.47. The highest BCUT2D eigenvalue weighted by Gasteiger charge is 2.22. The van der Waals surface area contributed by atoms with Crippen LogP contribution >= 0.6 is 0 Å². The van der Waals surface area contributed by atoms with Crippen molar-refractivity contribution in [2.45, 2.75) is 12.6 Å². The first-order chi connectivity index (χ1) is 8.20. The minimum atomic E-state index is -0.946. The van der Waals surface area contributed by atoms with Crippen molar-refractivity contribution >= 4 is 13.7 Å². The number of carboxylic acids is 1. The Kier molecular flexibility index (Phi) is 3.50. The number of carbonyl (C=O) groups is 1. The van der Waals surface area contributed by atoms with E-state index < -0.39 is 12.0 Å². The molecular formula is C10H11BNO5. The molecule has 0 aromatic heterocycles. The highest BCUT2D eigenvalue weighted by Crippen LogP contribution is 2.26. The van der Waals surface area contributed by atoms with E-state index in [1.54, 1.807) is 18.2 Å². The molecule has 3 N–H and O–H groups in total. The van der Waals surface area contributed by atoms with Crippen molar-refractivity contribution in [1.29, 1.82) is 0 Å². The van der Waals surface area contributed by atoms with Gasteiger partial charge in [-0.15, -0.1) is 0 Å². The Bertz CT molecular complexity index is 425. The molecule has 0 bridgehead atoms. The maximum Gasteiger partial charge on any atom is 0.569 e. The zero-order valence-corrected chi connectivity index (χ0v) is 8.92. The van der Waals surface area contributed by atoms with Crippen molar-refractivity contribution in [3.05, 3.63) is 23.8 Å². The van der Waals surface area contributed by atoms with Gasteiger partial charge in [0, 0.05) is 18.2 Å². The van der Waals surface area contributed by atoms with Crippen LogP contribution in [0.25, 0.3) is 0 Å². The maximum atomic E-state index is 10.8. The van der Waals surface area contributed by atoms with Crippen molar-refractivity contribution in [2.75, 3.05) is 6.61 Å². The first-order valence-electron chi connectivity index (χ1n) is 5.05. The van der Waals surface area contributed by atoms with Gasteiger partial charge in [-0.25, -0.2) is 0 Å². The van der Waals surface area contributed by atoms with Crippen LogP contribution in [-0.4, -0.2) is 36.4 Å². The molecule has 1 radical (unpaired) electrons. The Morgan fingerprint density at radius 2 is 2.41 bits per heavy atom. The highest BCUT2D eigenvalue weighted by atomic mass is 16.5. The van der Waals surface area contributed by atoms with Gasteiger partial charge in [-0.1, -0.05) is 6.07 Å². The van der Waals surface area contributed by atoms with Crippen LogP contribution in [0.3, 0.4) is 0 Å². The van der Waals surface area contributed by atoms with E-state index in [1.165, 1.54) is 0 Å². The molecule has 1 heterocycles. The van der Waals surface area contributed by atoms with Crippen LogP contribution in [0, 0.1) is 0 Å². The quantitative estimate of drug-likeness (QED) is 0.614. The zero-order valence-electron chi connectivity index (χ0n) is 8.92. The molecular weight excluding hydrogens is 225 g/mol. The summed E-state index contributed by atoms with van der Waals surface area (Å²) < 4.78 is 10.2. The lowest BCUT2D eigenvalue weighted by Crippen LogP contribution is -2.39. The molecule has 0 amide bonds. The molecule has 17 heavy (non-hydrogen) atoms. The molecule has 0 saturated carbocycles. The van der Waals surface area contributed by atoms with E-state index in [9.17, 15) is 4.79 Å². The number of aliphatic carboxylic acids is 1. The van der Waals surface area contributed by atoms with Gasteiger partial charge in [-0.2, -0.15) is 0 Å². The SMILES string of the molecule is O=C(O)C1COc2cc(O[B]O)ccc2CN1. The highest BCUT2D eigenvalue weighted by molar-refractivity contribution is 6.17. The van der Waals surface area contributed by atoms with E-state index in [1.807, 2.05) is 0 Å². The molecule has 1 aliphatic rings. The van der Waals surface area contributed by atoms with E-state index in [0.29, 0.717) is 25.7 Å². The number of hydrogen-bond acceptors (Lipinski definition) is 5. The van der Waals surface area contributed by atoms with E-state index >= 15 is 0 Å². The summed E-state index contributed by atoms with van der Waals surface area (Å²) in [5.74, 6) is 0.0404. The first-order valence-corrected chi connectivity index (χ1v) is 5.05. The van der Waals surface area contributed by atoms with Crippen LogP contribution in [0.2, 0.25) is 0 Å². The van der Waals surface area contributed by atoms with Gasteiger partial charge in [-0.3, -0.25) is 10.1 Å². The average molecular weight is 236 g/mol. The van der Waals surface area contributed by atoms with Gasteiger partial charge in [0.05, 0.1) is 0 Å². The van der Waals surface area contributed by atoms with Gasteiger partial charge in [0.2, 0.25) is 0 Å². The third kappa shape index (κ3) is 2.69. The topological polar surface area (TPSA) is 88.0 Å². The molecule has 89 valence electrons. The maximum absolute atomic E-state index is 10.8. The molecule has 0 fully saturated rings. The molecule has 6 nitrogen and oxygen atoms in total. The second kappa shape index (κ2) is 5.07. The summed E-state index contributed by atoms with van der Waals surface area (Å²) in [5.41, 5.74) is 0.846. The molecule has 1 atom stereocenters. The van der Waals surface area contributed by atoms with Crippen LogP contribution in [-0.2, 0) is 11.3 Å². The van der Waals surface area contributed by atoms with Crippen molar-refractivity contribution < 1.29 is 24.3 Å². The van der Waals surface area contributed by atoms with Crippen molar-refractivity contribution in [1.82, 2.24) is 5.32 Å². The second-order valence-electron chi connectivity index (χ2n) is 3.58. The lowest BCUT2D eigenvalue weighted by Gasteiger charge is -2.10. The Labute approximate surface area is 98.5 Å². The Morgan fingerprint density at radius 3 is 3.12 bits per heavy atom. The summed E-state index contributed by atoms with van der Waals surface area (Å²) in [4.78, 5) is 10.8. The summed E-state index contributed by atoms with van der Waals surface area (Å²) in [6.07, 6.45) is 0. The molecule has 0 spiro atoms. The van der Waals surface area contributed by atoms with Crippen LogP contribution in [0.15, 0.2) is 18.2 Å². The summed E-state index contributed by atoms with van der Waals surface area (Å²) in [7, 11) is 0.580. The largest absolute Gasteiger partial charge is 0.569 e. The Balaban J connectivity index is 2.16. The summed E-state index contributed by atoms with van der Waals surface area (Å²) in [6.45, 7) is 0.462. The van der Waals surface area contributed by atoms with Crippen molar-refractivity contribution in [2.24, 2.45) is 0 Å². The average Bonchev–Trinajstić information content (AvgIpc) is 2.51. The van der Waals surface area contributed by atoms with Crippen molar-refractivity contribution in [3.8, 4) is 11.5 Å². The van der Waals surface area contributed by atoms with Gasteiger partial charge in [-0.05, 0) is 6.07 Å². The van der Waals surface area contributed by atoms with Gasteiger partial charge in [0.1, 0.15) is 24.1 Å². The molecule has 1 aromatic carbocycles. The van der Waals surface area contributed by atoms with Crippen LogP contribution in [0.5, 0.6) is 11.5 Å². The number of benzene rings is 1. The predicted molar refractivity (Wildman–Crippen MR) is 58.8 cm³/mol. The van der Waals surface area contributed by atoms with Crippen LogP contribution in [0.1, 0.15) is 5.56 Å². The smallest absolute Gasteiger partial charge is 0.537 e. The number of ether oxygens (including phenoxy) is 1. The molecule has 0 aliphatic carbocycles. The third-order valence-electron chi connectivity index (χ3n) is 2.47. The molecule has 0 saturated heterocycles. The molecule has 2 rings (SSSR count). The van der Waals surface area contributed by atoms with E-state index in [4.69, 9.17) is 19.5 Å². The first kappa shape index (κ1) is 11.8.